The maximum atomic E-state index is 12.3. The van der Waals surface area contributed by atoms with Crippen molar-refractivity contribution in [3.8, 4) is 0 Å². The Labute approximate surface area is 129 Å². The number of likely N-dealkylation sites (tertiary alicyclic amines) is 1. The second-order valence-corrected chi connectivity index (χ2v) is 6.16. The highest BCUT2D eigenvalue weighted by atomic mass is 32.2. The second-order valence-electron chi connectivity index (χ2n) is 4.48. The number of rotatable bonds is 3. The number of imide groups is 1. The van der Waals surface area contributed by atoms with Gasteiger partial charge in [-0.2, -0.15) is 0 Å². The number of nitrogens with zero attached hydrogens (tertiary/aromatic N) is 2. The first kappa shape index (κ1) is 14.0. The highest BCUT2D eigenvalue weighted by Crippen LogP contribution is 2.33. The Morgan fingerprint density at radius 1 is 1.24 bits per heavy atom. The molecule has 0 saturated carbocycles. The number of furan rings is 1. The Bertz CT molecular complexity index is 650. The zero-order valence-corrected chi connectivity index (χ0v) is 12.4. The minimum absolute atomic E-state index is 0.113. The average molecular weight is 322 g/mol. The van der Waals surface area contributed by atoms with Crippen LogP contribution in [0.15, 0.2) is 27.7 Å². The molecule has 0 bridgehead atoms. The van der Waals surface area contributed by atoms with Crippen molar-refractivity contribution in [3.63, 3.8) is 0 Å². The molecule has 3 amide bonds. The number of carbonyl (C=O) groups excluding carboxylic acids is 3. The topological polar surface area (TPSA) is 70.8 Å². The SMILES string of the molecule is O=C1CCC(=O)N1CN1C(=O)/C(=C\c2ccco2)SC1=S. The molecular weight excluding hydrogens is 312 g/mol. The zero-order chi connectivity index (χ0) is 15.0. The third-order valence-corrected chi connectivity index (χ3v) is 4.51. The lowest BCUT2D eigenvalue weighted by Crippen LogP contribution is -2.42. The standard InChI is InChI=1S/C13H10N2O4S2/c16-10-3-4-11(17)14(10)7-15-12(18)9(21-13(15)20)6-8-2-1-5-19-8/h1-2,5-6H,3-4,7H2/b9-6+. The Morgan fingerprint density at radius 2 is 1.95 bits per heavy atom. The summed E-state index contributed by atoms with van der Waals surface area (Å²) in [6.07, 6.45) is 3.48. The number of hydrogen-bond donors (Lipinski definition) is 0. The van der Waals surface area contributed by atoms with Gasteiger partial charge in [-0.15, -0.1) is 0 Å². The summed E-state index contributed by atoms with van der Waals surface area (Å²) in [4.78, 5) is 38.3. The molecule has 2 saturated heterocycles. The van der Waals surface area contributed by atoms with Crippen molar-refractivity contribution < 1.29 is 18.8 Å². The monoisotopic (exact) mass is 322 g/mol. The third-order valence-electron chi connectivity index (χ3n) is 3.13. The molecule has 2 fully saturated rings. The molecule has 1 aromatic heterocycles. The van der Waals surface area contributed by atoms with Crippen molar-refractivity contribution in [2.45, 2.75) is 12.8 Å². The van der Waals surface area contributed by atoms with Gasteiger partial charge in [0.2, 0.25) is 11.8 Å². The molecule has 0 radical (unpaired) electrons. The van der Waals surface area contributed by atoms with Crippen molar-refractivity contribution in [3.05, 3.63) is 29.1 Å². The molecule has 0 N–H and O–H groups in total. The Kier molecular flexibility index (Phi) is 3.64. The molecule has 21 heavy (non-hydrogen) atoms. The van der Waals surface area contributed by atoms with Crippen molar-refractivity contribution in [1.29, 1.82) is 0 Å². The number of thiocarbonyl (C=S) groups is 1. The summed E-state index contributed by atoms with van der Waals surface area (Å²) in [6.45, 7) is -0.113. The molecule has 3 heterocycles. The summed E-state index contributed by atoms with van der Waals surface area (Å²) in [5.41, 5.74) is 0. The maximum absolute atomic E-state index is 12.3. The highest BCUT2D eigenvalue weighted by Gasteiger charge is 2.37. The lowest BCUT2D eigenvalue weighted by molar-refractivity contribution is -0.141. The summed E-state index contributed by atoms with van der Waals surface area (Å²) in [6, 6.07) is 3.44. The van der Waals surface area contributed by atoms with E-state index in [0.717, 1.165) is 16.7 Å². The van der Waals surface area contributed by atoms with Crippen LogP contribution in [0.4, 0.5) is 0 Å². The van der Waals surface area contributed by atoms with E-state index in [4.69, 9.17) is 16.6 Å². The van der Waals surface area contributed by atoms with E-state index >= 15 is 0 Å². The molecule has 0 aliphatic carbocycles. The van der Waals surface area contributed by atoms with E-state index in [1.54, 1.807) is 18.2 Å². The molecule has 8 heteroatoms. The van der Waals surface area contributed by atoms with Gasteiger partial charge in [0, 0.05) is 18.9 Å². The average Bonchev–Trinajstić information content (AvgIpc) is 3.12. The van der Waals surface area contributed by atoms with Crippen LogP contribution in [0.25, 0.3) is 6.08 Å². The van der Waals surface area contributed by atoms with Crippen molar-refractivity contribution in [2.24, 2.45) is 0 Å². The van der Waals surface area contributed by atoms with Crippen LogP contribution in [0.3, 0.4) is 0 Å². The Hall–Kier alpha value is -1.93. The molecule has 108 valence electrons. The van der Waals surface area contributed by atoms with Gasteiger partial charge < -0.3 is 4.42 Å². The third kappa shape index (κ3) is 2.64. The van der Waals surface area contributed by atoms with Crippen molar-refractivity contribution >= 4 is 52.1 Å². The van der Waals surface area contributed by atoms with Gasteiger partial charge in [0.05, 0.1) is 11.2 Å². The van der Waals surface area contributed by atoms with E-state index in [1.807, 2.05) is 0 Å². The first-order valence-corrected chi connectivity index (χ1v) is 7.41. The molecule has 2 aliphatic rings. The number of amides is 3. The lowest BCUT2D eigenvalue weighted by Gasteiger charge is -2.21. The van der Waals surface area contributed by atoms with Crippen LogP contribution < -0.4 is 0 Å². The molecule has 0 unspecified atom stereocenters. The van der Waals surface area contributed by atoms with E-state index in [9.17, 15) is 14.4 Å². The van der Waals surface area contributed by atoms with E-state index in [1.165, 1.54) is 11.2 Å². The quantitative estimate of drug-likeness (QED) is 0.478. The normalized spacial score (nSPS) is 21.2. The van der Waals surface area contributed by atoms with Crippen LogP contribution >= 0.6 is 24.0 Å². The Balaban J connectivity index is 1.78. The van der Waals surface area contributed by atoms with Crippen LogP contribution in [0.2, 0.25) is 0 Å². The maximum Gasteiger partial charge on any atom is 0.267 e. The van der Waals surface area contributed by atoms with Gasteiger partial charge in [0.15, 0.2) is 0 Å². The van der Waals surface area contributed by atoms with Gasteiger partial charge in [-0.25, -0.2) is 0 Å². The van der Waals surface area contributed by atoms with E-state index in [-0.39, 0.29) is 37.2 Å². The van der Waals surface area contributed by atoms with Crippen molar-refractivity contribution in [1.82, 2.24) is 9.80 Å². The fraction of sp³-hybridized carbons (Fsp3) is 0.231. The lowest BCUT2D eigenvalue weighted by atomic mass is 10.3. The zero-order valence-electron chi connectivity index (χ0n) is 10.8. The Morgan fingerprint density at radius 3 is 2.57 bits per heavy atom. The highest BCUT2D eigenvalue weighted by molar-refractivity contribution is 8.26. The van der Waals surface area contributed by atoms with Crippen LogP contribution in [0, 0.1) is 0 Å². The molecule has 0 atom stereocenters. The largest absolute Gasteiger partial charge is 0.465 e. The first-order valence-electron chi connectivity index (χ1n) is 6.18. The van der Waals surface area contributed by atoms with Crippen LogP contribution in [0.1, 0.15) is 18.6 Å². The minimum atomic E-state index is -0.325. The number of carbonyl (C=O) groups is 3. The smallest absolute Gasteiger partial charge is 0.267 e. The summed E-state index contributed by atoms with van der Waals surface area (Å²) < 4.78 is 5.48. The predicted octanol–water partition coefficient (Wildman–Crippen LogP) is 1.59. The summed E-state index contributed by atoms with van der Waals surface area (Å²) in [5, 5.41) is 0. The number of thioether (sulfide) groups is 1. The van der Waals surface area contributed by atoms with Gasteiger partial charge in [0.25, 0.3) is 5.91 Å². The molecular formula is C13H10N2O4S2. The first-order chi connectivity index (χ1) is 10.1. The van der Waals surface area contributed by atoms with Gasteiger partial charge in [-0.1, -0.05) is 24.0 Å². The minimum Gasteiger partial charge on any atom is -0.465 e. The van der Waals surface area contributed by atoms with E-state index < -0.39 is 0 Å². The molecule has 3 rings (SSSR count). The van der Waals surface area contributed by atoms with Gasteiger partial charge in [-0.05, 0) is 12.1 Å². The van der Waals surface area contributed by atoms with E-state index in [0.29, 0.717) is 15.0 Å². The molecule has 0 spiro atoms. The number of hydrogen-bond acceptors (Lipinski definition) is 6. The van der Waals surface area contributed by atoms with Gasteiger partial charge in [-0.3, -0.25) is 24.2 Å². The fourth-order valence-electron chi connectivity index (χ4n) is 2.05. The molecule has 6 nitrogen and oxygen atoms in total. The van der Waals surface area contributed by atoms with Gasteiger partial charge in [0.1, 0.15) is 16.7 Å². The predicted molar refractivity (Wildman–Crippen MR) is 79.7 cm³/mol. The van der Waals surface area contributed by atoms with Crippen LogP contribution in [-0.2, 0) is 14.4 Å². The summed E-state index contributed by atoms with van der Waals surface area (Å²) in [7, 11) is 0. The molecule has 1 aromatic rings. The van der Waals surface area contributed by atoms with Gasteiger partial charge >= 0.3 is 0 Å². The van der Waals surface area contributed by atoms with Crippen LogP contribution in [-0.4, -0.2) is 38.5 Å². The van der Waals surface area contributed by atoms with Crippen molar-refractivity contribution in [2.75, 3.05) is 6.67 Å². The summed E-state index contributed by atoms with van der Waals surface area (Å²) >= 11 is 6.28. The summed E-state index contributed by atoms with van der Waals surface area (Å²) in [5.74, 6) is -0.328. The fourth-order valence-corrected chi connectivity index (χ4v) is 3.27. The molecule has 0 aromatic carbocycles. The van der Waals surface area contributed by atoms with E-state index in [2.05, 4.69) is 0 Å². The molecule has 2 aliphatic heterocycles. The van der Waals surface area contributed by atoms with Crippen LogP contribution in [0.5, 0.6) is 0 Å². The second kappa shape index (κ2) is 5.45.